The van der Waals surface area contributed by atoms with Gasteiger partial charge in [-0.1, -0.05) is 0 Å². The molecule has 0 bridgehead atoms. The van der Waals surface area contributed by atoms with E-state index in [1.165, 1.54) is 0 Å². The molecule has 0 saturated carbocycles. The van der Waals surface area contributed by atoms with E-state index in [0.717, 1.165) is 25.1 Å². The molecule has 2 rings (SSSR count). The Morgan fingerprint density at radius 1 is 1.44 bits per heavy atom. The van der Waals surface area contributed by atoms with Gasteiger partial charge in [0, 0.05) is 12.2 Å². The summed E-state index contributed by atoms with van der Waals surface area (Å²) in [5.41, 5.74) is 1.44. The minimum Gasteiger partial charge on any atom is -0.313 e. The summed E-state index contributed by atoms with van der Waals surface area (Å²) in [5.74, 6) is 0.131. The fourth-order valence-electron chi connectivity index (χ4n) is 1.92. The van der Waals surface area contributed by atoms with Gasteiger partial charge in [0.1, 0.15) is 0 Å². The van der Waals surface area contributed by atoms with E-state index in [2.05, 4.69) is 20.0 Å². The van der Waals surface area contributed by atoms with Crippen LogP contribution in [-0.2, 0) is 16.6 Å². The maximum atomic E-state index is 11.8. The predicted octanol–water partition coefficient (Wildman–Crippen LogP) is -0.0436. The average molecular weight is 270 g/mol. The first kappa shape index (κ1) is 13.4. The number of hydrogen-bond acceptors (Lipinski definition) is 5. The lowest BCUT2D eigenvalue weighted by atomic mass is 10.3. The molecule has 1 aliphatic rings. The van der Waals surface area contributed by atoms with Crippen molar-refractivity contribution in [2.24, 2.45) is 0 Å². The van der Waals surface area contributed by atoms with Gasteiger partial charge in [0.25, 0.3) is 0 Å². The number of hydrogen-bond donors (Lipinski definition) is 2. The van der Waals surface area contributed by atoms with Gasteiger partial charge in [-0.2, -0.15) is 0 Å². The summed E-state index contributed by atoms with van der Waals surface area (Å²) in [7, 11) is -3.25. The van der Waals surface area contributed by atoms with E-state index in [1.54, 1.807) is 12.4 Å². The van der Waals surface area contributed by atoms with Crippen LogP contribution in [0.25, 0.3) is 0 Å². The average Bonchev–Trinajstić information content (AvgIpc) is 2.80. The number of aromatic nitrogens is 2. The zero-order chi connectivity index (χ0) is 13.0. The smallest absolute Gasteiger partial charge is 0.213 e. The highest BCUT2D eigenvalue weighted by molar-refractivity contribution is 7.89. The van der Waals surface area contributed by atoms with Crippen molar-refractivity contribution in [1.29, 1.82) is 0 Å². The minimum atomic E-state index is -3.25. The zero-order valence-corrected chi connectivity index (χ0v) is 11.2. The Labute approximate surface area is 107 Å². The predicted molar refractivity (Wildman–Crippen MR) is 68.4 cm³/mol. The van der Waals surface area contributed by atoms with Crippen LogP contribution >= 0.6 is 0 Å². The molecule has 6 nitrogen and oxygen atoms in total. The van der Waals surface area contributed by atoms with E-state index in [-0.39, 0.29) is 18.3 Å². The van der Waals surface area contributed by atoms with Gasteiger partial charge in [-0.05, 0) is 26.3 Å². The largest absolute Gasteiger partial charge is 0.313 e. The van der Waals surface area contributed by atoms with Gasteiger partial charge in [-0.3, -0.25) is 9.97 Å². The maximum Gasteiger partial charge on any atom is 0.213 e. The van der Waals surface area contributed by atoms with Gasteiger partial charge >= 0.3 is 0 Å². The Balaban J connectivity index is 1.86. The molecule has 1 aliphatic heterocycles. The van der Waals surface area contributed by atoms with Gasteiger partial charge in [-0.15, -0.1) is 0 Å². The summed E-state index contributed by atoms with van der Waals surface area (Å²) in [6.07, 6.45) is 5.18. The second kappa shape index (κ2) is 5.73. The quantitative estimate of drug-likeness (QED) is 0.784. The van der Waals surface area contributed by atoms with Crippen molar-refractivity contribution in [3.8, 4) is 0 Å². The third-order valence-corrected chi connectivity index (χ3v) is 4.32. The number of sulfonamides is 1. The fraction of sp³-hybridized carbons (Fsp3) is 0.636. The standard InChI is InChI=1S/C11H18N4O2S/c1-9-5-14-11(6-13-9)7-15-18(16,17)8-10-3-2-4-12-10/h5-6,10,12,15H,2-4,7-8H2,1H3. The van der Waals surface area contributed by atoms with Crippen molar-refractivity contribution >= 4 is 10.0 Å². The van der Waals surface area contributed by atoms with Crippen molar-refractivity contribution in [2.45, 2.75) is 32.4 Å². The molecule has 1 unspecified atom stereocenters. The summed E-state index contributed by atoms with van der Waals surface area (Å²) in [6.45, 7) is 2.94. The third kappa shape index (κ3) is 4.01. The molecule has 0 aromatic carbocycles. The van der Waals surface area contributed by atoms with Crippen molar-refractivity contribution in [2.75, 3.05) is 12.3 Å². The number of aryl methyl sites for hydroxylation is 1. The van der Waals surface area contributed by atoms with E-state index >= 15 is 0 Å². The molecule has 1 aromatic rings. The van der Waals surface area contributed by atoms with Crippen LogP contribution in [0.1, 0.15) is 24.2 Å². The molecule has 2 N–H and O–H groups in total. The molecule has 1 aromatic heterocycles. The van der Waals surface area contributed by atoms with E-state index in [0.29, 0.717) is 5.69 Å². The van der Waals surface area contributed by atoms with Crippen LogP contribution in [0.2, 0.25) is 0 Å². The molecule has 1 fully saturated rings. The minimum absolute atomic E-state index is 0.0756. The van der Waals surface area contributed by atoms with E-state index in [1.807, 2.05) is 6.92 Å². The first-order chi connectivity index (χ1) is 8.55. The van der Waals surface area contributed by atoms with Gasteiger partial charge < -0.3 is 5.32 Å². The van der Waals surface area contributed by atoms with Crippen molar-refractivity contribution in [3.63, 3.8) is 0 Å². The lowest BCUT2D eigenvalue weighted by Gasteiger charge is -2.11. The van der Waals surface area contributed by atoms with Crippen LogP contribution in [0, 0.1) is 6.92 Å². The van der Waals surface area contributed by atoms with E-state index < -0.39 is 10.0 Å². The molecule has 0 spiro atoms. The number of rotatable bonds is 5. The first-order valence-electron chi connectivity index (χ1n) is 6.03. The third-order valence-electron chi connectivity index (χ3n) is 2.89. The lowest BCUT2D eigenvalue weighted by molar-refractivity contribution is 0.562. The highest BCUT2D eigenvalue weighted by Crippen LogP contribution is 2.07. The van der Waals surface area contributed by atoms with Crippen LogP contribution in [0.3, 0.4) is 0 Å². The molecule has 0 radical (unpaired) electrons. The summed E-state index contributed by atoms with van der Waals surface area (Å²) >= 11 is 0. The van der Waals surface area contributed by atoms with E-state index in [4.69, 9.17) is 0 Å². The highest BCUT2D eigenvalue weighted by atomic mass is 32.2. The fourth-order valence-corrected chi connectivity index (χ4v) is 3.22. The van der Waals surface area contributed by atoms with Crippen LogP contribution in [0.4, 0.5) is 0 Å². The highest BCUT2D eigenvalue weighted by Gasteiger charge is 2.21. The Morgan fingerprint density at radius 3 is 2.89 bits per heavy atom. The topological polar surface area (TPSA) is 84.0 Å². The second-order valence-corrected chi connectivity index (χ2v) is 6.40. The van der Waals surface area contributed by atoms with Crippen LogP contribution in [-0.4, -0.2) is 36.7 Å². The molecule has 1 saturated heterocycles. The van der Waals surface area contributed by atoms with Gasteiger partial charge in [0.05, 0.1) is 29.9 Å². The Kier molecular flexibility index (Phi) is 4.26. The molecule has 2 heterocycles. The van der Waals surface area contributed by atoms with Crippen molar-refractivity contribution in [3.05, 3.63) is 23.8 Å². The summed E-state index contributed by atoms with van der Waals surface area (Å²) in [4.78, 5) is 8.18. The van der Waals surface area contributed by atoms with Gasteiger partial charge in [0.2, 0.25) is 10.0 Å². The SMILES string of the molecule is Cc1cnc(CNS(=O)(=O)CC2CCCN2)cn1. The summed E-state index contributed by atoms with van der Waals surface area (Å²) in [5, 5.41) is 3.17. The monoisotopic (exact) mass is 270 g/mol. The number of nitrogens with one attached hydrogen (secondary N) is 2. The maximum absolute atomic E-state index is 11.8. The molecular weight excluding hydrogens is 252 g/mol. The van der Waals surface area contributed by atoms with Crippen LogP contribution in [0.15, 0.2) is 12.4 Å². The molecule has 7 heteroatoms. The summed E-state index contributed by atoms with van der Waals surface area (Å²) in [6, 6.07) is 0.0756. The molecule has 0 amide bonds. The van der Waals surface area contributed by atoms with Gasteiger partial charge in [0.15, 0.2) is 0 Å². The zero-order valence-electron chi connectivity index (χ0n) is 10.4. The Morgan fingerprint density at radius 2 is 2.28 bits per heavy atom. The number of nitrogens with zero attached hydrogens (tertiary/aromatic N) is 2. The Hall–Kier alpha value is -1.05. The van der Waals surface area contributed by atoms with E-state index in [9.17, 15) is 8.42 Å². The normalized spacial score (nSPS) is 20.2. The first-order valence-corrected chi connectivity index (χ1v) is 7.69. The summed E-state index contributed by atoms with van der Waals surface area (Å²) < 4.78 is 26.2. The molecule has 0 aliphatic carbocycles. The molecule has 18 heavy (non-hydrogen) atoms. The Bertz CT molecular complexity index is 480. The van der Waals surface area contributed by atoms with Gasteiger partial charge in [-0.25, -0.2) is 13.1 Å². The van der Waals surface area contributed by atoms with Crippen molar-refractivity contribution < 1.29 is 8.42 Å². The molecule has 1 atom stereocenters. The second-order valence-electron chi connectivity index (χ2n) is 4.54. The molecular formula is C11H18N4O2S. The van der Waals surface area contributed by atoms with Crippen molar-refractivity contribution in [1.82, 2.24) is 20.0 Å². The van der Waals surface area contributed by atoms with Crippen LogP contribution < -0.4 is 10.0 Å². The lowest BCUT2D eigenvalue weighted by Crippen LogP contribution is -2.36. The molecule has 100 valence electrons. The van der Waals surface area contributed by atoms with Crippen LogP contribution in [0.5, 0.6) is 0 Å².